The molecule has 0 fully saturated rings. The highest BCUT2D eigenvalue weighted by Gasteiger charge is 2.14. The molecule has 102 valence electrons. The first-order chi connectivity index (χ1) is 10.2. The van der Waals surface area contributed by atoms with Crippen molar-refractivity contribution in [3.8, 4) is 22.3 Å². The molecule has 0 spiro atoms. The Bertz CT molecular complexity index is 676. The molecule has 0 saturated carbocycles. The number of rotatable bonds is 3. The first-order valence-corrected chi connectivity index (χ1v) is 6.56. The standard InChI is InChI=1S/C16H13BN2O2/c20-17(21)16-8-14(12-3-1-5-18-10-12)7-15(9-16)13-4-2-6-19-11-13/h1-11,20-21H. The van der Waals surface area contributed by atoms with Gasteiger partial charge >= 0.3 is 7.12 Å². The molecule has 2 N–H and O–H groups in total. The van der Waals surface area contributed by atoms with E-state index in [1.165, 1.54) is 0 Å². The maximum absolute atomic E-state index is 9.49. The lowest BCUT2D eigenvalue weighted by Gasteiger charge is -2.09. The number of nitrogens with zero attached hydrogens (tertiary/aromatic N) is 2. The summed E-state index contributed by atoms with van der Waals surface area (Å²) < 4.78 is 0. The van der Waals surface area contributed by atoms with Crippen molar-refractivity contribution in [3.63, 3.8) is 0 Å². The van der Waals surface area contributed by atoms with Gasteiger partial charge in [0.25, 0.3) is 0 Å². The summed E-state index contributed by atoms with van der Waals surface area (Å²) in [6.07, 6.45) is 6.90. The lowest BCUT2D eigenvalue weighted by atomic mass is 9.77. The highest BCUT2D eigenvalue weighted by Crippen LogP contribution is 2.24. The quantitative estimate of drug-likeness (QED) is 0.711. The van der Waals surface area contributed by atoms with Gasteiger partial charge in [-0.05, 0) is 45.9 Å². The zero-order chi connectivity index (χ0) is 14.7. The van der Waals surface area contributed by atoms with Crippen molar-refractivity contribution >= 4 is 12.6 Å². The van der Waals surface area contributed by atoms with Crippen LogP contribution in [0.5, 0.6) is 0 Å². The predicted molar refractivity (Wildman–Crippen MR) is 82.7 cm³/mol. The number of pyridine rings is 2. The van der Waals surface area contributed by atoms with Crippen molar-refractivity contribution in [1.82, 2.24) is 9.97 Å². The zero-order valence-corrected chi connectivity index (χ0v) is 11.2. The van der Waals surface area contributed by atoms with Crippen LogP contribution in [0.1, 0.15) is 0 Å². The minimum atomic E-state index is -1.52. The molecule has 0 bridgehead atoms. The van der Waals surface area contributed by atoms with Gasteiger partial charge in [0.2, 0.25) is 0 Å². The number of hydrogen-bond donors (Lipinski definition) is 2. The van der Waals surface area contributed by atoms with Crippen LogP contribution in [0.2, 0.25) is 0 Å². The van der Waals surface area contributed by atoms with Crippen LogP contribution in [0.25, 0.3) is 22.3 Å². The molecule has 5 heteroatoms. The molecule has 2 heterocycles. The normalized spacial score (nSPS) is 10.4. The van der Waals surface area contributed by atoms with Crippen LogP contribution < -0.4 is 5.46 Å². The van der Waals surface area contributed by atoms with E-state index in [0.717, 1.165) is 22.3 Å². The zero-order valence-electron chi connectivity index (χ0n) is 11.2. The van der Waals surface area contributed by atoms with Gasteiger partial charge in [-0.2, -0.15) is 0 Å². The molecule has 0 unspecified atom stereocenters. The SMILES string of the molecule is OB(O)c1cc(-c2cccnc2)cc(-c2cccnc2)c1. The fraction of sp³-hybridized carbons (Fsp3) is 0. The molecule has 0 amide bonds. The van der Waals surface area contributed by atoms with E-state index in [9.17, 15) is 10.0 Å². The molecule has 1 aromatic carbocycles. The number of benzene rings is 1. The molecule has 0 aliphatic rings. The summed E-state index contributed by atoms with van der Waals surface area (Å²) in [7, 11) is -1.52. The van der Waals surface area contributed by atoms with Gasteiger partial charge in [0.15, 0.2) is 0 Å². The first kappa shape index (κ1) is 13.5. The molecule has 3 rings (SSSR count). The molecule has 2 aromatic heterocycles. The Morgan fingerprint density at radius 3 is 1.62 bits per heavy atom. The molecular weight excluding hydrogens is 263 g/mol. The average molecular weight is 276 g/mol. The summed E-state index contributed by atoms with van der Waals surface area (Å²) >= 11 is 0. The lowest BCUT2D eigenvalue weighted by Crippen LogP contribution is -2.29. The largest absolute Gasteiger partial charge is 0.488 e. The van der Waals surface area contributed by atoms with Crippen molar-refractivity contribution in [1.29, 1.82) is 0 Å². The van der Waals surface area contributed by atoms with E-state index in [2.05, 4.69) is 9.97 Å². The monoisotopic (exact) mass is 276 g/mol. The van der Waals surface area contributed by atoms with E-state index in [-0.39, 0.29) is 0 Å². The van der Waals surface area contributed by atoms with Gasteiger partial charge in [-0.3, -0.25) is 9.97 Å². The van der Waals surface area contributed by atoms with Crippen molar-refractivity contribution in [2.24, 2.45) is 0 Å². The van der Waals surface area contributed by atoms with Gasteiger partial charge in [0, 0.05) is 24.8 Å². The van der Waals surface area contributed by atoms with Crippen LogP contribution in [-0.4, -0.2) is 27.1 Å². The highest BCUT2D eigenvalue weighted by atomic mass is 16.4. The van der Waals surface area contributed by atoms with Crippen LogP contribution in [0.15, 0.2) is 67.3 Å². The van der Waals surface area contributed by atoms with E-state index < -0.39 is 7.12 Å². The minimum Gasteiger partial charge on any atom is -0.423 e. The Kier molecular flexibility index (Phi) is 3.77. The average Bonchev–Trinajstić information content (AvgIpc) is 2.56. The molecule has 21 heavy (non-hydrogen) atoms. The maximum Gasteiger partial charge on any atom is 0.488 e. The Labute approximate surface area is 122 Å². The minimum absolute atomic E-state index is 0.440. The molecule has 3 aromatic rings. The number of hydrogen-bond acceptors (Lipinski definition) is 4. The highest BCUT2D eigenvalue weighted by molar-refractivity contribution is 6.58. The maximum atomic E-state index is 9.49. The predicted octanol–water partition coefficient (Wildman–Crippen LogP) is 1.49. The third-order valence-corrected chi connectivity index (χ3v) is 3.24. The molecule has 0 aliphatic heterocycles. The van der Waals surface area contributed by atoms with Crippen molar-refractivity contribution in [2.45, 2.75) is 0 Å². The van der Waals surface area contributed by atoms with Crippen LogP contribution in [0.4, 0.5) is 0 Å². The van der Waals surface area contributed by atoms with Gasteiger partial charge in [-0.15, -0.1) is 0 Å². The molecular formula is C16H13BN2O2. The summed E-state index contributed by atoms with van der Waals surface area (Å²) in [6, 6.07) is 13.1. The van der Waals surface area contributed by atoms with Gasteiger partial charge in [0.1, 0.15) is 0 Å². The fourth-order valence-corrected chi connectivity index (χ4v) is 2.20. The second kappa shape index (κ2) is 5.87. The van der Waals surface area contributed by atoms with Crippen molar-refractivity contribution < 1.29 is 10.0 Å². The van der Waals surface area contributed by atoms with Gasteiger partial charge in [-0.25, -0.2) is 0 Å². The van der Waals surface area contributed by atoms with E-state index in [0.29, 0.717) is 5.46 Å². The Hall–Kier alpha value is -2.50. The summed E-state index contributed by atoms with van der Waals surface area (Å²) in [5, 5.41) is 19.0. The lowest BCUT2D eigenvalue weighted by molar-refractivity contribution is 0.426. The van der Waals surface area contributed by atoms with Gasteiger partial charge in [-0.1, -0.05) is 24.3 Å². The van der Waals surface area contributed by atoms with Crippen molar-refractivity contribution in [2.75, 3.05) is 0 Å². The van der Waals surface area contributed by atoms with Gasteiger partial charge in [0.05, 0.1) is 0 Å². The summed E-state index contributed by atoms with van der Waals surface area (Å²) in [4.78, 5) is 8.20. The third kappa shape index (κ3) is 2.99. The topological polar surface area (TPSA) is 66.2 Å². The summed E-state index contributed by atoms with van der Waals surface area (Å²) in [5.41, 5.74) is 4.05. The summed E-state index contributed by atoms with van der Waals surface area (Å²) in [5.74, 6) is 0. The molecule has 4 nitrogen and oxygen atoms in total. The van der Waals surface area contributed by atoms with E-state index in [4.69, 9.17) is 0 Å². The van der Waals surface area contributed by atoms with E-state index in [1.807, 2.05) is 30.3 Å². The molecule has 0 saturated heterocycles. The summed E-state index contributed by atoms with van der Waals surface area (Å²) in [6.45, 7) is 0. The van der Waals surface area contributed by atoms with Gasteiger partial charge < -0.3 is 10.0 Å². The molecule has 0 radical (unpaired) electrons. The van der Waals surface area contributed by atoms with E-state index in [1.54, 1.807) is 36.9 Å². The Morgan fingerprint density at radius 1 is 0.714 bits per heavy atom. The molecule has 0 aliphatic carbocycles. The smallest absolute Gasteiger partial charge is 0.423 e. The Morgan fingerprint density at radius 2 is 1.24 bits per heavy atom. The van der Waals surface area contributed by atoms with Crippen molar-refractivity contribution in [3.05, 3.63) is 67.3 Å². The fourth-order valence-electron chi connectivity index (χ4n) is 2.20. The second-order valence-electron chi connectivity index (χ2n) is 4.70. The van der Waals surface area contributed by atoms with Crippen LogP contribution in [0, 0.1) is 0 Å². The number of aromatic nitrogens is 2. The van der Waals surface area contributed by atoms with Crippen LogP contribution in [-0.2, 0) is 0 Å². The van der Waals surface area contributed by atoms with Crippen LogP contribution >= 0.6 is 0 Å². The first-order valence-electron chi connectivity index (χ1n) is 6.56. The van der Waals surface area contributed by atoms with E-state index >= 15 is 0 Å². The third-order valence-electron chi connectivity index (χ3n) is 3.24. The Balaban J connectivity index is 2.16. The van der Waals surface area contributed by atoms with Crippen LogP contribution in [0.3, 0.4) is 0 Å². The molecule has 0 atom stereocenters. The second-order valence-corrected chi connectivity index (χ2v) is 4.70.